The summed E-state index contributed by atoms with van der Waals surface area (Å²) in [5, 5.41) is 2.05. The second kappa shape index (κ2) is 5.38. The average molecular weight is 353 g/mol. The van der Waals surface area contributed by atoms with Crippen LogP contribution in [0.5, 0.6) is 0 Å². The van der Waals surface area contributed by atoms with Gasteiger partial charge in [-0.15, -0.1) is 0 Å². The quantitative estimate of drug-likeness (QED) is 0.432. The van der Waals surface area contributed by atoms with Gasteiger partial charge < -0.3 is 4.74 Å². The molecular weight excluding hydrogens is 339 g/mol. The van der Waals surface area contributed by atoms with Crippen molar-refractivity contribution < 1.29 is 4.74 Å². The first-order valence-electron chi connectivity index (χ1n) is 7.14. The average Bonchev–Trinajstić information content (AvgIpc) is 2.87. The fourth-order valence-electron chi connectivity index (χ4n) is 3.43. The van der Waals surface area contributed by atoms with Crippen molar-refractivity contribution in [3.8, 4) is 0 Å². The molecule has 0 radical (unpaired) electrons. The Morgan fingerprint density at radius 2 is 2.09 bits per heavy atom. The summed E-state index contributed by atoms with van der Waals surface area (Å²) >= 11 is 14.1. The van der Waals surface area contributed by atoms with Crippen molar-refractivity contribution in [3.63, 3.8) is 0 Å². The molecule has 3 nitrogen and oxygen atoms in total. The van der Waals surface area contributed by atoms with Gasteiger partial charge in [0.25, 0.3) is 0 Å². The van der Waals surface area contributed by atoms with Crippen LogP contribution < -0.4 is 0 Å². The SMILES string of the molecule is CSc1nc(Cl)c2c(n1)CC1(CCc3c(Cl)cccc31)OC2. The van der Waals surface area contributed by atoms with Crippen molar-refractivity contribution in [2.45, 2.75) is 36.6 Å². The summed E-state index contributed by atoms with van der Waals surface area (Å²) in [5.74, 6) is 0. The van der Waals surface area contributed by atoms with Crippen molar-refractivity contribution in [3.05, 3.63) is 50.8 Å². The largest absolute Gasteiger partial charge is 0.365 e. The molecule has 1 aromatic heterocycles. The smallest absolute Gasteiger partial charge is 0.188 e. The lowest BCUT2D eigenvalue weighted by atomic mass is 9.87. The first-order valence-corrected chi connectivity index (χ1v) is 9.12. The number of nitrogens with zero attached hydrogens (tertiary/aromatic N) is 2. The maximum absolute atomic E-state index is 6.34. The van der Waals surface area contributed by atoms with Crippen LogP contribution in [0.2, 0.25) is 10.2 Å². The monoisotopic (exact) mass is 352 g/mol. The van der Waals surface area contributed by atoms with Crippen LogP contribution in [-0.2, 0) is 29.8 Å². The number of hydrogen-bond acceptors (Lipinski definition) is 4. The molecule has 1 aromatic carbocycles. The predicted octanol–water partition coefficient (Wildman–Crippen LogP) is 4.42. The van der Waals surface area contributed by atoms with E-state index < -0.39 is 0 Å². The van der Waals surface area contributed by atoms with E-state index in [0.29, 0.717) is 16.9 Å². The number of thioether (sulfide) groups is 1. The Hall–Kier alpha value is -0.810. The van der Waals surface area contributed by atoms with E-state index in [-0.39, 0.29) is 5.60 Å². The molecule has 1 unspecified atom stereocenters. The molecule has 0 saturated carbocycles. The van der Waals surface area contributed by atoms with Gasteiger partial charge in [-0.2, -0.15) is 0 Å². The Bertz CT molecular complexity index is 768. The highest BCUT2D eigenvalue weighted by Gasteiger charge is 2.44. The zero-order valence-corrected chi connectivity index (χ0v) is 14.4. The van der Waals surface area contributed by atoms with Gasteiger partial charge in [0.1, 0.15) is 5.15 Å². The minimum atomic E-state index is -0.319. The highest BCUT2D eigenvalue weighted by molar-refractivity contribution is 7.98. The summed E-state index contributed by atoms with van der Waals surface area (Å²) in [6, 6.07) is 6.06. The van der Waals surface area contributed by atoms with Crippen molar-refractivity contribution in [2.75, 3.05) is 6.26 Å². The lowest BCUT2D eigenvalue weighted by molar-refractivity contribution is -0.0732. The minimum absolute atomic E-state index is 0.319. The van der Waals surface area contributed by atoms with E-state index in [1.54, 1.807) is 0 Å². The van der Waals surface area contributed by atoms with E-state index >= 15 is 0 Å². The van der Waals surface area contributed by atoms with Crippen molar-refractivity contribution in [1.29, 1.82) is 0 Å². The molecule has 1 atom stereocenters. The van der Waals surface area contributed by atoms with Crippen LogP contribution in [-0.4, -0.2) is 16.2 Å². The van der Waals surface area contributed by atoms with Gasteiger partial charge in [-0.05, 0) is 36.3 Å². The van der Waals surface area contributed by atoms with E-state index in [1.807, 2.05) is 18.4 Å². The summed E-state index contributed by atoms with van der Waals surface area (Å²) in [5.41, 5.74) is 4.01. The maximum atomic E-state index is 6.34. The number of hydrogen-bond donors (Lipinski definition) is 0. The van der Waals surface area contributed by atoms with Crippen LogP contribution >= 0.6 is 35.0 Å². The second-order valence-corrected chi connectivity index (χ2v) is 7.19. The molecule has 4 rings (SSSR count). The van der Waals surface area contributed by atoms with E-state index in [2.05, 4.69) is 16.0 Å². The van der Waals surface area contributed by atoms with Crippen LogP contribution in [0.4, 0.5) is 0 Å². The highest BCUT2D eigenvalue weighted by Crippen LogP contribution is 2.48. The molecule has 6 heteroatoms. The number of fused-ring (bicyclic) bond motifs is 3. The van der Waals surface area contributed by atoms with Crippen molar-refractivity contribution in [2.24, 2.45) is 0 Å². The van der Waals surface area contributed by atoms with Crippen LogP contribution in [0.25, 0.3) is 0 Å². The molecule has 0 amide bonds. The Balaban J connectivity index is 1.80. The third-order valence-electron chi connectivity index (χ3n) is 4.54. The molecule has 0 saturated heterocycles. The third kappa shape index (κ3) is 2.16. The first kappa shape index (κ1) is 14.8. The topological polar surface area (TPSA) is 35.0 Å². The lowest BCUT2D eigenvalue weighted by Gasteiger charge is -2.35. The molecule has 0 fully saturated rings. The standard InChI is InChI=1S/C16H14Cl2N2OS/c1-22-15-19-13-7-16(21-8-10(13)14(18)20-15)6-5-9-11(16)3-2-4-12(9)17/h2-4H,5-8H2,1H3. The molecule has 0 N–H and O–H groups in total. The van der Waals surface area contributed by atoms with E-state index in [9.17, 15) is 0 Å². The first-order chi connectivity index (χ1) is 10.6. The van der Waals surface area contributed by atoms with Crippen molar-refractivity contribution in [1.82, 2.24) is 9.97 Å². The molecule has 2 heterocycles. The van der Waals surface area contributed by atoms with E-state index in [0.717, 1.165) is 35.5 Å². The molecule has 1 aliphatic carbocycles. The molecule has 1 spiro atoms. The summed E-state index contributed by atoms with van der Waals surface area (Å²) in [6.07, 6.45) is 4.56. The molecular formula is C16H14Cl2N2OS. The molecule has 0 bridgehead atoms. The number of benzene rings is 1. The molecule has 2 aliphatic rings. The highest BCUT2D eigenvalue weighted by atomic mass is 35.5. The van der Waals surface area contributed by atoms with Gasteiger partial charge in [0.15, 0.2) is 5.16 Å². The van der Waals surface area contributed by atoms with Crippen LogP contribution in [0.15, 0.2) is 23.4 Å². The number of aromatic nitrogens is 2. The summed E-state index contributed by atoms with van der Waals surface area (Å²) in [4.78, 5) is 8.96. The third-order valence-corrected chi connectivity index (χ3v) is 5.75. The Morgan fingerprint density at radius 1 is 1.23 bits per heavy atom. The number of rotatable bonds is 1. The van der Waals surface area contributed by atoms with Gasteiger partial charge in [0.05, 0.1) is 17.9 Å². The van der Waals surface area contributed by atoms with Gasteiger partial charge in [-0.3, -0.25) is 0 Å². The zero-order chi connectivity index (χ0) is 15.3. The Labute approximate surface area is 143 Å². The van der Waals surface area contributed by atoms with Gasteiger partial charge in [0, 0.05) is 17.0 Å². The summed E-state index contributed by atoms with van der Waals surface area (Å²) < 4.78 is 6.26. The van der Waals surface area contributed by atoms with Gasteiger partial charge >= 0.3 is 0 Å². The predicted molar refractivity (Wildman–Crippen MR) is 88.8 cm³/mol. The maximum Gasteiger partial charge on any atom is 0.188 e. The number of ether oxygens (including phenoxy) is 1. The Morgan fingerprint density at radius 3 is 2.91 bits per heavy atom. The van der Waals surface area contributed by atoms with Crippen LogP contribution in [0.1, 0.15) is 28.8 Å². The second-order valence-electron chi connectivity index (χ2n) is 5.65. The number of halogens is 2. The van der Waals surface area contributed by atoms with Gasteiger partial charge in [-0.1, -0.05) is 47.1 Å². The van der Waals surface area contributed by atoms with Crippen molar-refractivity contribution >= 4 is 35.0 Å². The van der Waals surface area contributed by atoms with Crippen LogP contribution in [0.3, 0.4) is 0 Å². The molecule has 114 valence electrons. The molecule has 22 heavy (non-hydrogen) atoms. The molecule has 2 aromatic rings. The Kier molecular flexibility index (Phi) is 3.61. The lowest BCUT2D eigenvalue weighted by Crippen LogP contribution is -2.34. The van der Waals surface area contributed by atoms with E-state index in [4.69, 9.17) is 27.9 Å². The summed E-state index contributed by atoms with van der Waals surface area (Å²) in [6.45, 7) is 0.453. The summed E-state index contributed by atoms with van der Waals surface area (Å²) in [7, 11) is 0. The normalized spacial score (nSPS) is 22.7. The molecule has 1 aliphatic heterocycles. The van der Waals surface area contributed by atoms with Crippen LogP contribution in [0, 0.1) is 0 Å². The fraction of sp³-hybridized carbons (Fsp3) is 0.375. The van der Waals surface area contributed by atoms with Gasteiger partial charge in [0.2, 0.25) is 0 Å². The minimum Gasteiger partial charge on any atom is -0.365 e. The van der Waals surface area contributed by atoms with Gasteiger partial charge in [-0.25, -0.2) is 9.97 Å². The van der Waals surface area contributed by atoms with E-state index in [1.165, 1.54) is 22.9 Å². The zero-order valence-electron chi connectivity index (χ0n) is 12.0. The fourth-order valence-corrected chi connectivity index (χ4v) is 4.37.